The molecule has 0 aromatic heterocycles. The highest BCUT2D eigenvalue weighted by Gasteiger charge is 2.12. The van der Waals surface area contributed by atoms with Crippen molar-refractivity contribution in [2.45, 2.75) is 32.6 Å². The number of fused-ring (bicyclic) bond motifs is 1. The lowest BCUT2D eigenvalue weighted by molar-refractivity contribution is -0.140. The predicted molar refractivity (Wildman–Crippen MR) is 66.0 cm³/mol. The van der Waals surface area contributed by atoms with Gasteiger partial charge in [-0.25, -0.2) is 0 Å². The number of methoxy groups -OCH3 is 1. The number of hydrogen-bond acceptors (Lipinski definition) is 3. The van der Waals surface area contributed by atoms with Crippen LogP contribution in [0.2, 0.25) is 0 Å². The van der Waals surface area contributed by atoms with E-state index in [1.54, 1.807) is 0 Å². The normalized spacial score (nSPS) is 10.1. The zero-order valence-corrected chi connectivity index (χ0v) is 9.95. The van der Waals surface area contributed by atoms with Crippen LogP contribution in [-0.2, 0) is 9.53 Å². The van der Waals surface area contributed by atoms with Crippen molar-refractivity contribution in [3.63, 3.8) is 0 Å². The second-order valence-corrected chi connectivity index (χ2v) is 3.84. The van der Waals surface area contributed by atoms with Gasteiger partial charge in [-0.3, -0.25) is 4.79 Å². The summed E-state index contributed by atoms with van der Waals surface area (Å²) in [6.45, 7) is 2.11. The lowest BCUT2D eigenvalue weighted by atomic mass is 9.91. The third-order valence-electron chi connectivity index (χ3n) is 2.57. The van der Waals surface area contributed by atoms with Gasteiger partial charge in [0.2, 0.25) is 0 Å². The Morgan fingerprint density at radius 2 is 2.12 bits per heavy atom. The zero-order valence-electron chi connectivity index (χ0n) is 9.95. The number of hydrogen-bond donors (Lipinski definition) is 1. The number of rotatable bonds is 4. The van der Waals surface area contributed by atoms with Crippen LogP contribution in [0.5, 0.6) is 0 Å². The Kier molecular flexibility index (Phi) is 4.83. The van der Waals surface area contributed by atoms with E-state index in [-0.39, 0.29) is 5.97 Å². The molecule has 0 atom stereocenters. The molecule has 2 N–H and O–H groups in total. The van der Waals surface area contributed by atoms with Gasteiger partial charge in [0, 0.05) is 17.7 Å². The molecule has 0 spiro atoms. The van der Waals surface area contributed by atoms with Gasteiger partial charge in [-0.1, -0.05) is 31.9 Å². The van der Waals surface area contributed by atoms with Gasteiger partial charge < -0.3 is 10.5 Å². The number of ether oxygens (including phenoxy) is 1. The van der Waals surface area contributed by atoms with E-state index in [0.717, 1.165) is 24.9 Å². The molecule has 0 amide bonds. The molecule has 0 radical (unpaired) electrons. The van der Waals surface area contributed by atoms with E-state index < -0.39 is 0 Å². The molecule has 3 nitrogen and oxygen atoms in total. The van der Waals surface area contributed by atoms with Crippen molar-refractivity contribution in [3.05, 3.63) is 18.2 Å². The number of esters is 1. The lowest BCUT2D eigenvalue weighted by Crippen LogP contribution is -1.98. The summed E-state index contributed by atoms with van der Waals surface area (Å²) in [6.07, 6.45) is 3.81. The summed E-state index contributed by atoms with van der Waals surface area (Å²) < 4.78 is 4.46. The van der Waals surface area contributed by atoms with Crippen molar-refractivity contribution in [1.82, 2.24) is 0 Å². The fraction of sp³-hybridized carbons (Fsp3) is 0.462. The quantitative estimate of drug-likeness (QED) is 0.490. The summed E-state index contributed by atoms with van der Waals surface area (Å²) in [7, 11) is 1.42. The van der Waals surface area contributed by atoms with Crippen molar-refractivity contribution in [1.29, 1.82) is 0 Å². The number of nitrogens with two attached hydrogens (primary N) is 1. The molecule has 0 aromatic carbocycles. The number of carbonyl (C=O) groups excluding carboxylic acids is 1. The van der Waals surface area contributed by atoms with E-state index in [9.17, 15) is 4.79 Å². The van der Waals surface area contributed by atoms with E-state index >= 15 is 0 Å². The number of anilines is 1. The molecule has 3 heteroatoms. The highest BCUT2D eigenvalue weighted by molar-refractivity contribution is 5.90. The maximum Gasteiger partial charge on any atom is 0.305 e. The summed E-state index contributed by atoms with van der Waals surface area (Å²) in [5, 5.41) is 0. The molecular formula is C13H19NO2. The Hall–Kier alpha value is -1.51. The highest BCUT2D eigenvalue weighted by Crippen LogP contribution is 2.38. The molecule has 0 unspecified atom stereocenters. The van der Waals surface area contributed by atoms with Crippen molar-refractivity contribution >= 4 is 11.7 Å². The molecule has 16 heavy (non-hydrogen) atoms. The van der Waals surface area contributed by atoms with Crippen molar-refractivity contribution in [3.8, 4) is 11.1 Å². The van der Waals surface area contributed by atoms with Gasteiger partial charge >= 0.3 is 5.97 Å². The van der Waals surface area contributed by atoms with E-state index in [0.29, 0.717) is 6.42 Å². The van der Waals surface area contributed by atoms with Crippen LogP contribution in [0.25, 0.3) is 11.1 Å². The van der Waals surface area contributed by atoms with Crippen LogP contribution >= 0.6 is 0 Å². The molecule has 0 heterocycles. The predicted octanol–water partition coefficient (Wildman–Crippen LogP) is 2.99. The molecule has 2 aliphatic carbocycles. The zero-order chi connectivity index (χ0) is 12.0. The summed E-state index contributed by atoms with van der Waals surface area (Å²) in [5.41, 5.74) is 8.92. The second-order valence-electron chi connectivity index (χ2n) is 3.84. The van der Waals surface area contributed by atoms with Gasteiger partial charge in [0.25, 0.3) is 0 Å². The first-order valence-corrected chi connectivity index (χ1v) is 5.65. The number of unbranched alkanes of at least 4 members (excludes halogenated alkanes) is 2. The minimum atomic E-state index is -0.0940. The Bertz CT molecular complexity index is 361. The Labute approximate surface area is 96.6 Å². The summed E-state index contributed by atoms with van der Waals surface area (Å²) in [4.78, 5) is 10.5. The van der Waals surface area contributed by atoms with Crippen LogP contribution in [0.1, 0.15) is 32.6 Å². The van der Waals surface area contributed by atoms with Crippen LogP contribution in [-0.4, -0.2) is 13.1 Å². The third kappa shape index (κ3) is 3.26. The fourth-order valence-electron chi connectivity index (χ4n) is 1.44. The molecule has 0 fully saturated rings. The third-order valence-corrected chi connectivity index (χ3v) is 2.57. The average Bonchev–Trinajstić information content (AvgIpc) is 2.26. The lowest BCUT2D eigenvalue weighted by Gasteiger charge is -2.16. The Morgan fingerprint density at radius 3 is 2.38 bits per heavy atom. The first-order valence-electron chi connectivity index (χ1n) is 5.65. The Balaban J connectivity index is 0.000000163. The molecule has 2 rings (SSSR count). The minimum absolute atomic E-state index is 0.0940. The van der Waals surface area contributed by atoms with Crippen LogP contribution < -0.4 is 5.73 Å². The Morgan fingerprint density at radius 1 is 1.38 bits per heavy atom. The molecule has 0 aliphatic heterocycles. The molecule has 0 aromatic rings. The fourth-order valence-corrected chi connectivity index (χ4v) is 1.44. The van der Waals surface area contributed by atoms with Gasteiger partial charge in [0.1, 0.15) is 0 Å². The summed E-state index contributed by atoms with van der Waals surface area (Å²) in [5.74, 6) is -0.0940. The highest BCUT2D eigenvalue weighted by atomic mass is 16.5. The molecule has 88 valence electrons. The molecular weight excluding hydrogens is 202 g/mol. The van der Waals surface area contributed by atoms with Crippen LogP contribution in [0.3, 0.4) is 0 Å². The second kappa shape index (κ2) is 6.16. The van der Waals surface area contributed by atoms with Crippen molar-refractivity contribution in [2.75, 3.05) is 12.8 Å². The maximum absolute atomic E-state index is 10.5. The largest absolute Gasteiger partial charge is 0.469 e. The van der Waals surface area contributed by atoms with Gasteiger partial charge in [-0.05, 0) is 18.1 Å². The molecule has 0 saturated carbocycles. The van der Waals surface area contributed by atoms with Gasteiger partial charge in [-0.2, -0.15) is 0 Å². The van der Waals surface area contributed by atoms with E-state index in [4.69, 9.17) is 5.73 Å². The van der Waals surface area contributed by atoms with Crippen LogP contribution in [0, 0.1) is 0 Å². The van der Waals surface area contributed by atoms with E-state index in [1.807, 2.05) is 12.1 Å². The topological polar surface area (TPSA) is 52.3 Å². The maximum atomic E-state index is 10.5. The minimum Gasteiger partial charge on any atom is -0.469 e. The molecule has 2 aliphatic rings. The number of carbonyl (C=O) groups is 1. The van der Waals surface area contributed by atoms with E-state index in [1.165, 1.54) is 18.2 Å². The average molecular weight is 221 g/mol. The smallest absolute Gasteiger partial charge is 0.305 e. The molecule has 0 bridgehead atoms. The first-order chi connectivity index (χ1) is 7.69. The van der Waals surface area contributed by atoms with Gasteiger partial charge in [-0.15, -0.1) is 0 Å². The van der Waals surface area contributed by atoms with Crippen molar-refractivity contribution in [2.24, 2.45) is 0 Å². The van der Waals surface area contributed by atoms with Crippen LogP contribution in [0.15, 0.2) is 18.2 Å². The van der Waals surface area contributed by atoms with Crippen molar-refractivity contribution < 1.29 is 9.53 Å². The molecule has 0 saturated heterocycles. The van der Waals surface area contributed by atoms with Gasteiger partial charge in [0.15, 0.2) is 0 Å². The summed E-state index contributed by atoms with van der Waals surface area (Å²) >= 11 is 0. The number of benzene rings is 1. The van der Waals surface area contributed by atoms with E-state index in [2.05, 4.69) is 17.7 Å². The standard InChI is InChI=1S/C7H14O2.C6H5N/c1-3-4-5-6-7(8)9-2;7-6-3-4-1-2-5(4)6/h3-6H2,1-2H3;1-3H,7H2. The van der Waals surface area contributed by atoms with Gasteiger partial charge in [0.05, 0.1) is 7.11 Å². The first kappa shape index (κ1) is 12.6. The SMILES string of the molecule is CCCCCC(=O)OC.Nc1cc2ccc1-2. The van der Waals surface area contributed by atoms with Crippen LogP contribution in [0.4, 0.5) is 5.69 Å². The monoisotopic (exact) mass is 221 g/mol. The summed E-state index contributed by atoms with van der Waals surface area (Å²) in [6, 6.07) is 6.08. The number of nitrogen functional groups attached to an aromatic ring is 1.